The summed E-state index contributed by atoms with van der Waals surface area (Å²) in [6.07, 6.45) is 0. The van der Waals surface area contributed by atoms with Gasteiger partial charge in [0.25, 0.3) is 0 Å². The summed E-state index contributed by atoms with van der Waals surface area (Å²) in [6.45, 7) is 3.83. The molecule has 7 heteroatoms. The van der Waals surface area contributed by atoms with Crippen molar-refractivity contribution < 1.29 is 17.1 Å². The summed E-state index contributed by atoms with van der Waals surface area (Å²) in [5.74, 6) is 0. The van der Waals surface area contributed by atoms with Crippen LogP contribution in [0.1, 0.15) is 0 Å². The number of hydrogen-bond acceptors (Lipinski definition) is 2. The molecule has 1 N–H and O–H groups in total. The zero-order valence-corrected chi connectivity index (χ0v) is 10.3. The van der Waals surface area contributed by atoms with Crippen molar-refractivity contribution in [3.63, 3.8) is 0 Å². The molecule has 68 valence electrons. The van der Waals surface area contributed by atoms with Crippen LogP contribution in [0.3, 0.4) is 0 Å². The van der Waals surface area contributed by atoms with E-state index in [-0.39, 0.29) is 0 Å². The van der Waals surface area contributed by atoms with E-state index in [0.717, 1.165) is 26.3 Å². The van der Waals surface area contributed by atoms with Crippen LogP contribution in [0.15, 0.2) is 0 Å². The van der Waals surface area contributed by atoms with Crippen LogP contribution in [0.5, 0.6) is 0 Å². The number of hydrogen-bond donors (Lipinski definition) is 1. The first-order valence-corrected chi connectivity index (χ1v) is 11.6. The summed E-state index contributed by atoms with van der Waals surface area (Å²) in [4.78, 5) is 0. The summed E-state index contributed by atoms with van der Waals surface area (Å²) in [7, 11) is 20.1. The van der Waals surface area contributed by atoms with E-state index in [0.29, 0.717) is 0 Å². The van der Waals surface area contributed by atoms with E-state index in [1.165, 1.54) is 0 Å². The second kappa shape index (κ2) is 7.22. The van der Waals surface area contributed by atoms with Crippen LogP contribution >= 0.6 is 37.2 Å². The predicted octanol–water partition coefficient (Wildman–Crippen LogP) is 2.36. The molecule has 0 aromatic heterocycles. The van der Waals surface area contributed by atoms with E-state index in [4.69, 9.17) is 42.0 Å². The standard InChI is InChI=1S/C4H9NO.4ClH.Ti/c1-3-6-4-2-5-1;;;;;/h5H,1-4H2;4*1H;/q;;;;;+4/p-4. The van der Waals surface area contributed by atoms with Gasteiger partial charge in [-0.1, -0.05) is 0 Å². The average molecular weight is 277 g/mol. The molecule has 0 amide bonds. The van der Waals surface area contributed by atoms with Gasteiger partial charge in [-0.15, -0.1) is 0 Å². The Labute approximate surface area is 85.3 Å². The Kier molecular flexibility index (Phi) is 8.40. The van der Waals surface area contributed by atoms with Gasteiger partial charge in [0.2, 0.25) is 0 Å². The molecule has 0 radical (unpaired) electrons. The van der Waals surface area contributed by atoms with Crippen molar-refractivity contribution in [3.05, 3.63) is 0 Å². The van der Waals surface area contributed by atoms with Crippen molar-refractivity contribution in [2.75, 3.05) is 26.3 Å². The fourth-order valence-corrected chi connectivity index (χ4v) is 0.516. The first kappa shape index (κ1) is 12.8. The van der Waals surface area contributed by atoms with Crippen molar-refractivity contribution in [1.29, 1.82) is 0 Å². The van der Waals surface area contributed by atoms with Crippen molar-refractivity contribution in [3.8, 4) is 0 Å². The fraction of sp³-hybridized carbons (Fsp3) is 1.00. The molecule has 0 spiro atoms. The molecule has 1 aliphatic rings. The van der Waals surface area contributed by atoms with Crippen LogP contribution in [0.25, 0.3) is 0 Å². The summed E-state index contributed by atoms with van der Waals surface area (Å²) < 4.78 is 5.01. The molecule has 2 nitrogen and oxygen atoms in total. The van der Waals surface area contributed by atoms with Crippen LogP contribution in [-0.2, 0) is 17.1 Å². The van der Waals surface area contributed by atoms with Crippen LogP contribution in [0.4, 0.5) is 0 Å². The Morgan fingerprint density at radius 1 is 1.00 bits per heavy atom. The Morgan fingerprint density at radius 2 is 1.36 bits per heavy atom. The third-order valence-corrected chi connectivity index (χ3v) is 0.846. The van der Waals surface area contributed by atoms with Crippen molar-refractivity contribution in [2.24, 2.45) is 0 Å². The molecule has 0 bridgehead atoms. The first-order valence-electron chi connectivity index (χ1n) is 3.04. The first-order chi connectivity index (χ1) is 5.00. The molecule has 1 fully saturated rings. The summed E-state index contributed by atoms with van der Waals surface area (Å²) in [5, 5.41) is 3.16. The Balaban J connectivity index is 0.000000187. The molecule has 1 rings (SSSR count). The fourth-order valence-electron chi connectivity index (χ4n) is 0.516. The van der Waals surface area contributed by atoms with Crippen molar-refractivity contribution in [2.45, 2.75) is 0 Å². The maximum absolute atomic E-state index is 5.01. The molecule has 1 aliphatic heterocycles. The van der Waals surface area contributed by atoms with Gasteiger partial charge < -0.3 is 10.1 Å². The Morgan fingerprint density at radius 3 is 1.45 bits per heavy atom. The zero-order valence-electron chi connectivity index (χ0n) is 5.75. The van der Waals surface area contributed by atoms with Crippen molar-refractivity contribution >= 4 is 37.2 Å². The van der Waals surface area contributed by atoms with Crippen molar-refractivity contribution in [1.82, 2.24) is 5.32 Å². The van der Waals surface area contributed by atoms with Crippen LogP contribution in [-0.4, -0.2) is 26.3 Å². The van der Waals surface area contributed by atoms with E-state index in [1.807, 2.05) is 0 Å². The molecule has 0 aromatic rings. The molecule has 11 heavy (non-hydrogen) atoms. The normalized spacial score (nSPS) is 18.5. The maximum atomic E-state index is 5.01. The minimum absolute atomic E-state index is 0.889. The van der Waals surface area contributed by atoms with Gasteiger partial charge in [-0.2, -0.15) is 0 Å². The van der Waals surface area contributed by atoms with Gasteiger partial charge in [-0.05, 0) is 0 Å². The monoisotopic (exact) mass is 275 g/mol. The number of morpholine rings is 1. The van der Waals surface area contributed by atoms with Gasteiger partial charge in [0.05, 0.1) is 13.2 Å². The number of rotatable bonds is 0. The molecule has 1 heterocycles. The molecule has 0 aliphatic carbocycles. The van der Waals surface area contributed by atoms with Gasteiger partial charge >= 0.3 is 49.6 Å². The number of halogens is 4. The van der Waals surface area contributed by atoms with E-state index in [1.54, 1.807) is 0 Å². The summed E-state index contributed by atoms with van der Waals surface area (Å²) in [5.41, 5.74) is 0. The van der Waals surface area contributed by atoms with Gasteiger partial charge in [0, 0.05) is 13.1 Å². The third kappa shape index (κ3) is 18.6. The molecule has 0 atom stereocenters. The van der Waals surface area contributed by atoms with Gasteiger partial charge in [-0.3, -0.25) is 0 Å². The molecule has 0 unspecified atom stereocenters. The second-order valence-corrected chi connectivity index (χ2v) is 17.3. The Bertz CT molecular complexity index is 77.1. The van der Waals surface area contributed by atoms with E-state index < -0.39 is 12.3 Å². The van der Waals surface area contributed by atoms with Gasteiger partial charge in [-0.25, -0.2) is 0 Å². The summed E-state index contributed by atoms with van der Waals surface area (Å²) in [6, 6.07) is 0. The van der Waals surface area contributed by atoms with E-state index in [9.17, 15) is 0 Å². The molecule has 0 saturated carbocycles. The average Bonchev–Trinajstić information content (AvgIpc) is 1.88. The van der Waals surface area contributed by atoms with Gasteiger partial charge in [0.1, 0.15) is 0 Å². The number of ether oxygens (including phenoxy) is 1. The van der Waals surface area contributed by atoms with Crippen LogP contribution in [0, 0.1) is 0 Å². The zero-order chi connectivity index (χ0) is 8.74. The second-order valence-electron chi connectivity index (χ2n) is 1.79. The Hall–Kier alpha value is 1.79. The minimum atomic E-state index is -3.11. The predicted molar refractivity (Wildman–Crippen MR) is 47.1 cm³/mol. The molecule has 1 saturated heterocycles. The van der Waals surface area contributed by atoms with Gasteiger partial charge in [0.15, 0.2) is 0 Å². The topological polar surface area (TPSA) is 21.3 Å². The summed E-state index contributed by atoms with van der Waals surface area (Å²) >= 11 is -3.11. The molecule has 0 aromatic carbocycles. The third-order valence-electron chi connectivity index (χ3n) is 0.846. The quantitative estimate of drug-likeness (QED) is 0.686. The van der Waals surface area contributed by atoms with E-state index >= 15 is 0 Å². The molecular formula is C4H9Cl4NOTi. The number of nitrogens with one attached hydrogen (secondary N) is 1. The SMILES string of the molecule is C1COCCN1.[Cl][Ti]([Cl])([Cl])[Cl]. The van der Waals surface area contributed by atoms with E-state index in [2.05, 4.69) is 5.32 Å². The van der Waals surface area contributed by atoms with Crippen LogP contribution < -0.4 is 5.32 Å². The van der Waals surface area contributed by atoms with Crippen LogP contribution in [0.2, 0.25) is 0 Å². The molecular weight excluding hydrogens is 268 g/mol.